The van der Waals surface area contributed by atoms with Gasteiger partial charge < -0.3 is 10.4 Å². The molecule has 1 aliphatic rings. The molecule has 3 rings (SSSR count). The number of fused-ring (bicyclic) bond motifs is 1. The molecule has 0 unspecified atom stereocenters. The maximum atomic E-state index is 12.3. The lowest BCUT2D eigenvalue weighted by atomic mass is 9.79. The zero-order valence-electron chi connectivity index (χ0n) is 12.2. The molecule has 1 aromatic carbocycles. The van der Waals surface area contributed by atoms with Gasteiger partial charge in [0, 0.05) is 6.42 Å². The molecule has 22 heavy (non-hydrogen) atoms. The van der Waals surface area contributed by atoms with E-state index in [2.05, 4.69) is 10.3 Å². The minimum atomic E-state index is -0.824. The number of carboxylic acids is 1. The fourth-order valence-electron chi connectivity index (χ4n) is 3.29. The van der Waals surface area contributed by atoms with E-state index in [1.807, 2.05) is 24.3 Å². The van der Waals surface area contributed by atoms with Crippen molar-refractivity contribution < 1.29 is 14.7 Å². The average molecular weight is 318 g/mol. The van der Waals surface area contributed by atoms with Crippen LogP contribution in [0.4, 0.5) is 5.13 Å². The summed E-state index contributed by atoms with van der Waals surface area (Å²) in [6.07, 6.45) is 3.96. The number of amides is 1. The molecule has 1 aromatic heterocycles. The number of aromatic nitrogens is 1. The Bertz CT molecular complexity index is 671. The van der Waals surface area contributed by atoms with Crippen molar-refractivity contribution in [3.05, 3.63) is 24.3 Å². The summed E-state index contributed by atoms with van der Waals surface area (Å²) in [6.45, 7) is 0. The number of hydrogen-bond donors (Lipinski definition) is 2. The van der Waals surface area contributed by atoms with Gasteiger partial charge in [-0.3, -0.25) is 9.59 Å². The molecule has 1 saturated carbocycles. The second-order valence-corrected chi connectivity index (χ2v) is 7.02. The molecule has 2 aromatic rings. The number of carbonyl (C=O) groups is 2. The number of nitrogens with one attached hydrogen (secondary N) is 1. The molecule has 116 valence electrons. The van der Waals surface area contributed by atoms with Gasteiger partial charge in [-0.05, 0) is 30.4 Å². The second-order valence-electron chi connectivity index (χ2n) is 5.99. The van der Waals surface area contributed by atoms with E-state index in [0.717, 1.165) is 35.9 Å². The summed E-state index contributed by atoms with van der Waals surface area (Å²) < 4.78 is 1.03. The normalized spacial score (nSPS) is 16.7. The van der Waals surface area contributed by atoms with Crippen molar-refractivity contribution in [2.24, 2.45) is 5.41 Å². The van der Waals surface area contributed by atoms with Crippen molar-refractivity contribution in [1.82, 2.24) is 4.98 Å². The predicted octanol–water partition coefficient (Wildman–Crippen LogP) is 3.66. The van der Waals surface area contributed by atoms with Crippen LogP contribution in [0.2, 0.25) is 0 Å². The lowest BCUT2D eigenvalue weighted by Gasteiger charge is -2.25. The summed E-state index contributed by atoms with van der Waals surface area (Å²) in [6, 6.07) is 7.72. The van der Waals surface area contributed by atoms with Crippen LogP contribution in [0.3, 0.4) is 0 Å². The highest BCUT2D eigenvalue weighted by Gasteiger charge is 2.38. The summed E-state index contributed by atoms with van der Waals surface area (Å²) >= 11 is 1.44. The van der Waals surface area contributed by atoms with Gasteiger partial charge in [0.15, 0.2) is 5.13 Å². The number of hydrogen-bond acceptors (Lipinski definition) is 4. The van der Waals surface area contributed by atoms with Crippen molar-refractivity contribution in [2.45, 2.75) is 38.5 Å². The number of anilines is 1. The minimum Gasteiger partial charge on any atom is -0.481 e. The molecule has 5 nitrogen and oxygen atoms in total. The highest BCUT2D eigenvalue weighted by Crippen LogP contribution is 2.44. The molecule has 2 N–H and O–H groups in total. The number of carboxylic acid groups (broad SMARTS) is 1. The SMILES string of the molecule is O=C(O)CC1(CC(=O)Nc2nc3ccccc3s2)CCCC1. The van der Waals surface area contributed by atoms with Gasteiger partial charge in [-0.25, -0.2) is 4.98 Å². The molecule has 1 amide bonds. The van der Waals surface area contributed by atoms with E-state index in [1.54, 1.807) is 0 Å². The first-order valence-electron chi connectivity index (χ1n) is 7.44. The minimum absolute atomic E-state index is 0.0697. The second kappa shape index (κ2) is 6.04. The topological polar surface area (TPSA) is 79.3 Å². The molecule has 1 aliphatic carbocycles. The third-order valence-electron chi connectivity index (χ3n) is 4.27. The molecule has 1 fully saturated rings. The molecular weight excluding hydrogens is 300 g/mol. The number of nitrogens with zero attached hydrogens (tertiary/aromatic N) is 1. The van der Waals surface area contributed by atoms with Gasteiger partial charge in [-0.15, -0.1) is 0 Å². The fourth-order valence-corrected chi connectivity index (χ4v) is 4.17. The molecule has 0 aliphatic heterocycles. The van der Waals surface area contributed by atoms with Crippen LogP contribution in [0.15, 0.2) is 24.3 Å². The number of aliphatic carboxylic acids is 1. The van der Waals surface area contributed by atoms with Gasteiger partial charge in [-0.1, -0.05) is 36.3 Å². The van der Waals surface area contributed by atoms with E-state index in [9.17, 15) is 9.59 Å². The summed E-state index contributed by atoms with van der Waals surface area (Å²) in [7, 11) is 0. The number of carbonyl (C=O) groups excluding carboxylic acids is 1. The van der Waals surface area contributed by atoms with E-state index in [4.69, 9.17) is 5.11 Å². The van der Waals surface area contributed by atoms with Gasteiger partial charge in [0.25, 0.3) is 0 Å². The number of thiazole rings is 1. The monoisotopic (exact) mass is 318 g/mol. The Labute approximate surface area is 132 Å². The first-order chi connectivity index (χ1) is 10.6. The molecule has 1 heterocycles. The summed E-state index contributed by atoms with van der Waals surface area (Å²) in [5.41, 5.74) is 0.482. The van der Waals surface area contributed by atoms with Crippen LogP contribution in [-0.2, 0) is 9.59 Å². The van der Waals surface area contributed by atoms with Crippen molar-refractivity contribution in [3.63, 3.8) is 0 Å². The molecule has 0 spiro atoms. The van der Waals surface area contributed by atoms with E-state index < -0.39 is 5.97 Å². The standard InChI is InChI=1S/C16H18N2O3S/c19-13(9-16(10-14(20)21)7-3-4-8-16)18-15-17-11-5-1-2-6-12(11)22-15/h1-2,5-6H,3-4,7-10H2,(H,20,21)(H,17,18,19). The average Bonchev–Trinajstić information content (AvgIpc) is 3.03. The van der Waals surface area contributed by atoms with E-state index in [-0.39, 0.29) is 24.2 Å². The van der Waals surface area contributed by atoms with Crippen LogP contribution in [-0.4, -0.2) is 22.0 Å². The Kier molecular flexibility index (Phi) is 4.11. The van der Waals surface area contributed by atoms with Crippen LogP contribution < -0.4 is 5.32 Å². The van der Waals surface area contributed by atoms with Crippen molar-refractivity contribution in [1.29, 1.82) is 0 Å². The molecular formula is C16H18N2O3S. The van der Waals surface area contributed by atoms with Gasteiger partial charge in [0.1, 0.15) is 0 Å². The van der Waals surface area contributed by atoms with Crippen LogP contribution in [0, 0.1) is 5.41 Å². The van der Waals surface area contributed by atoms with Crippen molar-refractivity contribution >= 4 is 38.6 Å². The Morgan fingerprint density at radius 2 is 1.95 bits per heavy atom. The van der Waals surface area contributed by atoms with Crippen molar-refractivity contribution in [3.8, 4) is 0 Å². The number of benzene rings is 1. The lowest BCUT2D eigenvalue weighted by molar-refractivity contribution is -0.140. The third-order valence-corrected chi connectivity index (χ3v) is 5.22. The van der Waals surface area contributed by atoms with E-state index in [0.29, 0.717) is 5.13 Å². The van der Waals surface area contributed by atoms with E-state index in [1.165, 1.54) is 11.3 Å². The van der Waals surface area contributed by atoms with E-state index >= 15 is 0 Å². The molecule has 0 bridgehead atoms. The summed E-state index contributed by atoms with van der Waals surface area (Å²) in [4.78, 5) is 27.8. The van der Waals surface area contributed by atoms with Gasteiger partial charge >= 0.3 is 5.97 Å². The quantitative estimate of drug-likeness (QED) is 0.881. The van der Waals surface area contributed by atoms with Gasteiger partial charge in [0.2, 0.25) is 5.91 Å². The zero-order valence-corrected chi connectivity index (χ0v) is 13.0. The van der Waals surface area contributed by atoms with Gasteiger partial charge in [-0.2, -0.15) is 0 Å². The Morgan fingerprint density at radius 3 is 2.64 bits per heavy atom. The number of rotatable bonds is 5. The zero-order chi connectivity index (χ0) is 15.6. The molecule has 6 heteroatoms. The highest BCUT2D eigenvalue weighted by molar-refractivity contribution is 7.22. The smallest absolute Gasteiger partial charge is 0.303 e. The van der Waals surface area contributed by atoms with Gasteiger partial charge in [0.05, 0.1) is 16.6 Å². The molecule has 0 saturated heterocycles. The molecule has 0 radical (unpaired) electrons. The Morgan fingerprint density at radius 1 is 1.23 bits per heavy atom. The maximum Gasteiger partial charge on any atom is 0.303 e. The highest BCUT2D eigenvalue weighted by atomic mass is 32.1. The van der Waals surface area contributed by atoms with Crippen LogP contribution in [0.5, 0.6) is 0 Å². The fraction of sp³-hybridized carbons (Fsp3) is 0.438. The largest absolute Gasteiger partial charge is 0.481 e. The Balaban J connectivity index is 1.69. The number of para-hydroxylation sites is 1. The van der Waals surface area contributed by atoms with Crippen LogP contribution in [0.25, 0.3) is 10.2 Å². The summed E-state index contributed by atoms with van der Waals surface area (Å²) in [5.74, 6) is -0.961. The first-order valence-corrected chi connectivity index (χ1v) is 8.25. The first kappa shape index (κ1) is 15.0. The van der Waals surface area contributed by atoms with Crippen LogP contribution in [0.1, 0.15) is 38.5 Å². The van der Waals surface area contributed by atoms with Crippen molar-refractivity contribution in [2.75, 3.05) is 5.32 Å². The Hall–Kier alpha value is -1.95. The maximum absolute atomic E-state index is 12.3. The predicted molar refractivity (Wildman–Crippen MR) is 86.0 cm³/mol. The summed E-state index contributed by atoms with van der Waals surface area (Å²) in [5, 5.41) is 12.5. The third kappa shape index (κ3) is 3.27. The lowest BCUT2D eigenvalue weighted by Crippen LogP contribution is -2.27. The molecule has 0 atom stereocenters. The van der Waals surface area contributed by atoms with Crippen LogP contribution >= 0.6 is 11.3 Å².